The van der Waals surface area contributed by atoms with E-state index in [1.165, 1.54) is 32.1 Å². The van der Waals surface area contributed by atoms with Crippen molar-refractivity contribution in [1.29, 1.82) is 0 Å². The molecule has 24 heavy (non-hydrogen) atoms. The quantitative estimate of drug-likeness (QED) is 0.640. The number of fused-ring (bicyclic) bond motifs is 7. The summed E-state index contributed by atoms with van der Waals surface area (Å²) in [5.41, 5.74) is 2.39. The first-order valence-electron chi connectivity index (χ1n) is 10.2. The van der Waals surface area contributed by atoms with Gasteiger partial charge in [0.2, 0.25) is 0 Å². The lowest BCUT2D eigenvalue weighted by Crippen LogP contribution is -2.51. The van der Waals surface area contributed by atoms with Gasteiger partial charge in [0.15, 0.2) is 0 Å². The number of allylic oxidation sites excluding steroid dienone is 1. The van der Waals surface area contributed by atoms with Crippen LogP contribution < -0.4 is 0 Å². The van der Waals surface area contributed by atoms with Gasteiger partial charge in [-0.1, -0.05) is 25.5 Å². The molecular weight excluding hydrogens is 296 g/mol. The monoisotopic (exact) mass is 328 g/mol. The van der Waals surface area contributed by atoms with E-state index in [4.69, 9.17) is 0 Å². The van der Waals surface area contributed by atoms with Crippen LogP contribution in [0.3, 0.4) is 0 Å². The maximum atomic E-state index is 10.1. The van der Waals surface area contributed by atoms with Crippen molar-refractivity contribution in [3.8, 4) is 0 Å². The van der Waals surface area contributed by atoms with Crippen LogP contribution in [0.5, 0.6) is 0 Å². The molecule has 0 radical (unpaired) electrons. The van der Waals surface area contributed by atoms with Gasteiger partial charge in [-0.2, -0.15) is 10.2 Å². The molecule has 0 amide bonds. The molecule has 0 bridgehead atoms. The maximum absolute atomic E-state index is 10.1. The molecular formula is C21H32N2O. The lowest BCUT2D eigenvalue weighted by molar-refractivity contribution is -0.0514. The predicted octanol–water partition coefficient (Wildman–Crippen LogP) is 4.76. The Morgan fingerprint density at radius 1 is 1.12 bits per heavy atom. The Morgan fingerprint density at radius 3 is 2.79 bits per heavy atom. The van der Waals surface area contributed by atoms with Crippen LogP contribution in [0.1, 0.15) is 65.7 Å². The van der Waals surface area contributed by atoms with Crippen molar-refractivity contribution >= 4 is 0 Å². The zero-order valence-corrected chi connectivity index (χ0v) is 15.4. The number of azo groups is 1. The highest BCUT2D eigenvalue weighted by molar-refractivity contribution is 5.26. The van der Waals surface area contributed by atoms with Gasteiger partial charge in [-0.15, -0.1) is 0 Å². The number of hydrogen-bond acceptors (Lipinski definition) is 3. The van der Waals surface area contributed by atoms with E-state index in [0.29, 0.717) is 28.8 Å². The highest BCUT2D eigenvalue weighted by Gasteiger charge is 2.63. The molecule has 0 spiro atoms. The third kappa shape index (κ3) is 1.83. The summed E-state index contributed by atoms with van der Waals surface area (Å²) in [5, 5.41) is 19.3. The van der Waals surface area contributed by atoms with Crippen molar-refractivity contribution in [3.05, 3.63) is 11.6 Å². The summed E-state index contributed by atoms with van der Waals surface area (Å²) in [7, 11) is 0. The molecule has 3 nitrogen and oxygen atoms in total. The highest BCUT2D eigenvalue weighted by atomic mass is 16.3. The first-order valence-corrected chi connectivity index (χ1v) is 10.2. The fourth-order valence-electron chi connectivity index (χ4n) is 7.95. The normalized spacial score (nSPS) is 58.5. The molecule has 1 aliphatic heterocycles. The second-order valence-electron chi connectivity index (χ2n) is 10.0. The van der Waals surface area contributed by atoms with Crippen LogP contribution >= 0.6 is 0 Å². The van der Waals surface area contributed by atoms with Gasteiger partial charge in [0.1, 0.15) is 0 Å². The summed E-state index contributed by atoms with van der Waals surface area (Å²) in [4.78, 5) is 0. The smallest absolute Gasteiger partial charge is 0.0765 e. The van der Waals surface area contributed by atoms with Gasteiger partial charge in [-0.25, -0.2) is 0 Å². The van der Waals surface area contributed by atoms with Crippen molar-refractivity contribution < 1.29 is 5.11 Å². The minimum atomic E-state index is -0.0955. The average molecular weight is 329 g/mol. The fourth-order valence-corrected chi connectivity index (χ4v) is 7.95. The van der Waals surface area contributed by atoms with E-state index < -0.39 is 0 Å². The number of hydrogen-bond donors (Lipinski definition) is 1. The summed E-state index contributed by atoms with van der Waals surface area (Å²) in [6, 6.07) is 0.928. The Kier molecular flexibility index (Phi) is 3.19. The zero-order chi connectivity index (χ0) is 16.7. The third-order valence-corrected chi connectivity index (χ3v) is 9.10. The molecule has 0 unspecified atom stereocenters. The summed E-state index contributed by atoms with van der Waals surface area (Å²) < 4.78 is 0. The lowest BCUT2D eigenvalue weighted by Gasteiger charge is -2.58. The molecule has 0 saturated heterocycles. The SMILES string of the molecule is C[C@@H]1N=N[C@H]2C[C@H]3[C@@H]4CC=C5C[C@@H](O)CC[C@]5(C)[C@H]4CC[C@]3(C)[C@@H]12. The number of rotatable bonds is 0. The Hall–Kier alpha value is -0.700. The average Bonchev–Trinajstić information content (AvgIpc) is 3.06. The molecule has 3 saturated carbocycles. The molecule has 3 fully saturated rings. The van der Waals surface area contributed by atoms with Crippen LogP contribution in [0.15, 0.2) is 21.9 Å². The van der Waals surface area contributed by atoms with Gasteiger partial charge in [-0.3, -0.25) is 0 Å². The second-order valence-corrected chi connectivity index (χ2v) is 10.0. The Labute approximate surface area is 146 Å². The van der Waals surface area contributed by atoms with Crippen LogP contribution in [0, 0.1) is 34.5 Å². The molecule has 5 rings (SSSR count). The van der Waals surface area contributed by atoms with Crippen LogP contribution in [0.2, 0.25) is 0 Å². The molecule has 0 aromatic heterocycles. The standard InChI is InChI=1S/C21H32N2O/c1-12-19-18(23-22-12)11-17-15-5-4-13-10-14(24)6-8-20(13,2)16(15)7-9-21(17,19)3/h4,12,14-19,24H,5-11H2,1-3H3/t12-,14-,15+,16-,17-,18-,19-,20-,21-/m0/s1. The van der Waals surface area contributed by atoms with E-state index in [-0.39, 0.29) is 6.10 Å². The van der Waals surface area contributed by atoms with E-state index in [1.54, 1.807) is 5.57 Å². The molecule has 1 N–H and O–H groups in total. The summed E-state index contributed by atoms with van der Waals surface area (Å²) >= 11 is 0. The van der Waals surface area contributed by atoms with Gasteiger partial charge in [0.05, 0.1) is 18.2 Å². The lowest BCUT2D eigenvalue weighted by atomic mass is 9.47. The Morgan fingerprint density at radius 2 is 1.96 bits per heavy atom. The summed E-state index contributed by atoms with van der Waals surface area (Å²) in [6.45, 7) is 7.37. The molecule has 3 heteroatoms. The topological polar surface area (TPSA) is 45.0 Å². The zero-order valence-electron chi connectivity index (χ0n) is 15.4. The Bertz CT molecular complexity index is 613. The molecule has 1 heterocycles. The van der Waals surface area contributed by atoms with Gasteiger partial charge < -0.3 is 5.11 Å². The molecule has 0 aromatic carbocycles. The number of aliphatic hydroxyl groups excluding tert-OH is 1. The van der Waals surface area contributed by atoms with Crippen molar-refractivity contribution in [2.75, 3.05) is 0 Å². The molecule has 5 aliphatic rings. The van der Waals surface area contributed by atoms with Crippen LogP contribution in [-0.4, -0.2) is 23.3 Å². The molecule has 132 valence electrons. The van der Waals surface area contributed by atoms with Crippen molar-refractivity contribution in [2.45, 2.75) is 83.9 Å². The van der Waals surface area contributed by atoms with Crippen molar-refractivity contribution in [2.24, 2.45) is 44.7 Å². The molecule has 0 aromatic rings. The summed E-state index contributed by atoms with van der Waals surface area (Å²) in [6.07, 6.45) is 10.8. The van der Waals surface area contributed by atoms with Crippen molar-refractivity contribution in [3.63, 3.8) is 0 Å². The maximum Gasteiger partial charge on any atom is 0.0765 e. The largest absolute Gasteiger partial charge is 0.393 e. The van der Waals surface area contributed by atoms with E-state index in [9.17, 15) is 5.11 Å². The summed E-state index contributed by atoms with van der Waals surface area (Å²) in [5.74, 6) is 3.18. The van der Waals surface area contributed by atoms with E-state index in [2.05, 4.69) is 37.1 Å². The van der Waals surface area contributed by atoms with Crippen LogP contribution in [0.25, 0.3) is 0 Å². The van der Waals surface area contributed by atoms with Crippen LogP contribution in [-0.2, 0) is 0 Å². The van der Waals surface area contributed by atoms with Crippen LogP contribution in [0.4, 0.5) is 0 Å². The van der Waals surface area contributed by atoms with Crippen molar-refractivity contribution in [1.82, 2.24) is 0 Å². The van der Waals surface area contributed by atoms with Gasteiger partial charge in [0, 0.05) is 5.92 Å². The minimum Gasteiger partial charge on any atom is -0.393 e. The first kappa shape index (κ1) is 15.5. The van der Waals surface area contributed by atoms with E-state index in [1.807, 2.05) is 0 Å². The first-order chi connectivity index (χ1) is 11.4. The van der Waals surface area contributed by atoms with Gasteiger partial charge in [-0.05, 0) is 80.5 Å². The number of nitrogens with zero attached hydrogens (tertiary/aromatic N) is 2. The minimum absolute atomic E-state index is 0.0955. The molecule has 9 atom stereocenters. The van der Waals surface area contributed by atoms with Gasteiger partial charge >= 0.3 is 0 Å². The van der Waals surface area contributed by atoms with E-state index >= 15 is 0 Å². The van der Waals surface area contributed by atoms with Gasteiger partial charge in [0.25, 0.3) is 0 Å². The predicted molar refractivity (Wildman–Crippen MR) is 94.7 cm³/mol. The van der Waals surface area contributed by atoms with E-state index in [0.717, 1.165) is 30.6 Å². The second kappa shape index (κ2) is 4.93. The Balaban J connectivity index is 1.50. The highest BCUT2D eigenvalue weighted by Crippen LogP contribution is 2.67. The fraction of sp³-hybridized carbons (Fsp3) is 0.905. The number of aliphatic hydroxyl groups is 1. The third-order valence-electron chi connectivity index (χ3n) is 9.10. The molecule has 4 aliphatic carbocycles.